The summed E-state index contributed by atoms with van der Waals surface area (Å²) in [6.07, 6.45) is 2.99. The van der Waals surface area contributed by atoms with Crippen molar-refractivity contribution < 1.29 is 18.3 Å². The first kappa shape index (κ1) is 18.2. The molecule has 0 bridgehead atoms. The van der Waals surface area contributed by atoms with Crippen molar-refractivity contribution in [2.45, 2.75) is 20.5 Å². The van der Waals surface area contributed by atoms with Crippen LogP contribution < -0.4 is 14.8 Å². The fourth-order valence-corrected chi connectivity index (χ4v) is 1.82. The zero-order valence-corrected chi connectivity index (χ0v) is 13.7. The molecule has 0 saturated heterocycles. The molecule has 0 aliphatic carbocycles. The van der Waals surface area contributed by atoms with Crippen LogP contribution in [0.3, 0.4) is 0 Å². The van der Waals surface area contributed by atoms with Crippen LogP contribution in [0.25, 0.3) is 0 Å². The summed E-state index contributed by atoms with van der Waals surface area (Å²) in [6.45, 7) is 0.549. The van der Waals surface area contributed by atoms with Gasteiger partial charge in [0.1, 0.15) is 18.1 Å². The molecule has 0 radical (unpaired) electrons. The minimum Gasteiger partial charge on any atom is -0.457 e. The molecule has 0 amide bonds. The molecule has 132 valence electrons. The van der Waals surface area contributed by atoms with Crippen LogP contribution in [-0.2, 0) is 0 Å². The van der Waals surface area contributed by atoms with Crippen molar-refractivity contribution in [1.29, 1.82) is 5.53 Å². The number of hydrogen-bond donors (Lipinski definition) is 2. The summed E-state index contributed by atoms with van der Waals surface area (Å²) >= 11 is 0. The smallest absolute Gasteiger partial charge is 0.387 e. The lowest BCUT2D eigenvalue weighted by Crippen LogP contribution is -2.05. The van der Waals surface area contributed by atoms with Crippen molar-refractivity contribution in [3.8, 4) is 11.8 Å². The van der Waals surface area contributed by atoms with E-state index in [2.05, 4.69) is 25.1 Å². The lowest BCUT2D eigenvalue weighted by atomic mass is 10.2. The first-order chi connectivity index (χ1) is 12.0. The van der Waals surface area contributed by atoms with Gasteiger partial charge in [-0.15, -0.1) is 0 Å². The van der Waals surface area contributed by atoms with Gasteiger partial charge in [0.05, 0.1) is 0 Å². The summed E-state index contributed by atoms with van der Waals surface area (Å²) < 4.78 is 34.5. The predicted molar refractivity (Wildman–Crippen MR) is 86.9 cm³/mol. The van der Waals surface area contributed by atoms with Crippen molar-refractivity contribution in [3.05, 3.63) is 53.6 Å². The van der Waals surface area contributed by atoms with Crippen LogP contribution in [-0.4, -0.2) is 23.2 Å². The molecule has 0 spiro atoms. The molecule has 2 rings (SSSR count). The van der Waals surface area contributed by atoms with E-state index in [1.54, 1.807) is 38.2 Å². The Morgan fingerprint density at radius 3 is 2.84 bits per heavy atom. The maximum Gasteiger partial charge on any atom is 0.387 e. The van der Waals surface area contributed by atoms with Gasteiger partial charge in [-0.3, -0.25) is 0 Å². The largest absolute Gasteiger partial charge is 0.457 e. The monoisotopic (exact) mass is 349 g/mol. The predicted octanol–water partition coefficient (Wildman–Crippen LogP) is 4.06. The van der Waals surface area contributed by atoms with E-state index in [0.717, 1.165) is 5.69 Å². The maximum absolute atomic E-state index is 12.4. The van der Waals surface area contributed by atoms with Crippen LogP contribution in [0.2, 0.25) is 0 Å². The van der Waals surface area contributed by atoms with Gasteiger partial charge in [0.15, 0.2) is 0 Å². The van der Waals surface area contributed by atoms with Crippen LogP contribution >= 0.6 is 0 Å². The average molecular weight is 349 g/mol. The van der Waals surface area contributed by atoms with Crippen LogP contribution in [0, 0.1) is 19.4 Å². The normalized spacial score (nSPS) is 11.3. The second kappa shape index (κ2) is 8.67. The Bertz CT molecular complexity index is 768. The highest BCUT2D eigenvalue weighted by molar-refractivity contribution is 5.53. The van der Waals surface area contributed by atoms with Crippen molar-refractivity contribution in [2.75, 3.05) is 11.9 Å². The lowest BCUT2D eigenvalue weighted by molar-refractivity contribution is -0.0502. The number of ether oxygens (including phenoxy) is 2. The summed E-state index contributed by atoms with van der Waals surface area (Å²) in [6, 6.07) is 6.68. The number of nitrogens with zero attached hydrogens (tertiary/aromatic N) is 3. The molecule has 9 heteroatoms. The number of halogens is 2. The highest BCUT2D eigenvalue weighted by atomic mass is 19.3. The summed E-state index contributed by atoms with van der Waals surface area (Å²) in [5.74, 6) is 0.0715. The van der Waals surface area contributed by atoms with E-state index in [0.29, 0.717) is 11.3 Å². The number of nitrogens with one attached hydrogen (secondary N) is 2. The van der Waals surface area contributed by atoms with Crippen LogP contribution in [0.4, 0.5) is 14.5 Å². The zero-order valence-electron chi connectivity index (χ0n) is 13.7. The quantitative estimate of drug-likeness (QED) is 0.701. The standard InChI is InChI=1S/C16H17F2N5O2/c1-10-3-4-12(7-14(10)25-15(17)18)21-8-13(23-19)9-24-16-20-6-5-11(2)22-16/h3-8,15,19,21H,9H2,1-2H3/b13-8-,23-19?. The Kier molecular flexibility index (Phi) is 6.33. The summed E-state index contributed by atoms with van der Waals surface area (Å²) in [5.41, 5.74) is 9.28. The third-order valence-corrected chi connectivity index (χ3v) is 3.08. The van der Waals surface area contributed by atoms with Crippen LogP contribution in [0.1, 0.15) is 11.3 Å². The van der Waals surface area contributed by atoms with E-state index in [1.807, 2.05) is 0 Å². The molecule has 0 fully saturated rings. The van der Waals surface area contributed by atoms with E-state index in [1.165, 1.54) is 12.3 Å². The molecule has 2 aromatic rings. The molecule has 7 nitrogen and oxygen atoms in total. The SMILES string of the molecule is Cc1ccnc(OC/C(=C/Nc2ccc(C)c(OC(F)F)c2)N=N)n1. The number of hydrogen-bond acceptors (Lipinski definition) is 7. The topological polar surface area (TPSA) is 92.5 Å². The van der Waals surface area contributed by atoms with Crippen molar-refractivity contribution in [3.63, 3.8) is 0 Å². The minimum absolute atomic E-state index is 0.0216. The van der Waals surface area contributed by atoms with Crippen LogP contribution in [0.15, 0.2) is 47.5 Å². The third kappa shape index (κ3) is 5.79. The summed E-state index contributed by atoms with van der Waals surface area (Å²) in [4.78, 5) is 8.02. The first-order valence-corrected chi connectivity index (χ1v) is 7.29. The lowest BCUT2D eigenvalue weighted by Gasteiger charge is -2.10. The Labute approximate surface area is 143 Å². The molecular formula is C16H17F2N5O2. The number of rotatable bonds is 8. The molecule has 0 aliphatic rings. The number of aromatic nitrogens is 2. The average Bonchev–Trinajstić information content (AvgIpc) is 2.57. The number of aryl methyl sites for hydroxylation is 2. The second-order valence-electron chi connectivity index (χ2n) is 5.02. The van der Waals surface area contributed by atoms with Gasteiger partial charge >= 0.3 is 12.6 Å². The molecule has 1 aromatic heterocycles. The van der Waals surface area contributed by atoms with Gasteiger partial charge in [-0.25, -0.2) is 15.5 Å². The first-order valence-electron chi connectivity index (χ1n) is 7.29. The zero-order chi connectivity index (χ0) is 18.2. The molecule has 25 heavy (non-hydrogen) atoms. The molecule has 0 atom stereocenters. The van der Waals surface area contributed by atoms with Crippen molar-refractivity contribution in [1.82, 2.24) is 9.97 Å². The van der Waals surface area contributed by atoms with Gasteiger partial charge in [-0.05, 0) is 31.5 Å². The number of benzene rings is 1. The van der Waals surface area contributed by atoms with Gasteiger partial charge in [0.2, 0.25) is 0 Å². The molecule has 0 aliphatic heterocycles. The second-order valence-corrected chi connectivity index (χ2v) is 5.02. The van der Waals surface area contributed by atoms with Gasteiger partial charge in [-0.2, -0.15) is 13.9 Å². The van der Waals surface area contributed by atoms with E-state index >= 15 is 0 Å². The Balaban J connectivity index is 2.01. The van der Waals surface area contributed by atoms with Gasteiger partial charge < -0.3 is 14.8 Å². The van der Waals surface area contributed by atoms with E-state index in [-0.39, 0.29) is 24.1 Å². The maximum atomic E-state index is 12.4. The van der Waals surface area contributed by atoms with E-state index in [9.17, 15) is 8.78 Å². The third-order valence-electron chi connectivity index (χ3n) is 3.08. The van der Waals surface area contributed by atoms with Crippen molar-refractivity contribution >= 4 is 5.69 Å². The van der Waals surface area contributed by atoms with Gasteiger partial charge in [0, 0.05) is 29.8 Å². The number of alkyl halides is 2. The highest BCUT2D eigenvalue weighted by Gasteiger charge is 2.08. The van der Waals surface area contributed by atoms with E-state index < -0.39 is 6.61 Å². The molecule has 2 N–H and O–H groups in total. The fraction of sp³-hybridized carbons (Fsp3) is 0.250. The van der Waals surface area contributed by atoms with E-state index in [4.69, 9.17) is 10.3 Å². The Morgan fingerprint density at radius 2 is 2.16 bits per heavy atom. The highest BCUT2D eigenvalue weighted by Crippen LogP contribution is 2.24. The number of anilines is 1. The molecule has 0 saturated carbocycles. The Hall–Kier alpha value is -3.10. The summed E-state index contributed by atoms with van der Waals surface area (Å²) in [7, 11) is 0. The summed E-state index contributed by atoms with van der Waals surface area (Å²) in [5, 5.41) is 6.21. The molecular weight excluding hydrogens is 332 g/mol. The Morgan fingerprint density at radius 1 is 1.36 bits per heavy atom. The molecule has 1 heterocycles. The molecule has 0 unspecified atom stereocenters. The van der Waals surface area contributed by atoms with Crippen LogP contribution in [0.5, 0.6) is 11.8 Å². The fourth-order valence-electron chi connectivity index (χ4n) is 1.82. The minimum atomic E-state index is -2.90. The van der Waals surface area contributed by atoms with Crippen molar-refractivity contribution in [2.24, 2.45) is 5.11 Å². The van der Waals surface area contributed by atoms with Gasteiger partial charge in [-0.1, -0.05) is 6.07 Å². The molecule has 1 aromatic carbocycles. The van der Waals surface area contributed by atoms with Gasteiger partial charge in [0.25, 0.3) is 0 Å².